The average molecular weight is 516 g/mol. The monoisotopic (exact) mass is 515 g/mol. The summed E-state index contributed by atoms with van der Waals surface area (Å²) >= 11 is 0. The normalized spacial score (nSPS) is 24.3. The van der Waals surface area contributed by atoms with Crippen molar-refractivity contribution in [3.63, 3.8) is 0 Å². The summed E-state index contributed by atoms with van der Waals surface area (Å²) in [7, 11) is 0. The van der Waals surface area contributed by atoms with Crippen LogP contribution in [0.15, 0.2) is 64.5 Å². The highest BCUT2D eigenvalue weighted by Crippen LogP contribution is 2.49. The van der Waals surface area contributed by atoms with E-state index in [1.165, 1.54) is 32.0 Å². The summed E-state index contributed by atoms with van der Waals surface area (Å²) in [5.74, 6) is -2.58. The first-order valence-electron chi connectivity index (χ1n) is 12.6. The van der Waals surface area contributed by atoms with E-state index in [9.17, 15) is 24.0 Å². The predicted molar refractivity (Wildman–Crippen MR) is 138 cm³/mol. The number of fused-ring (bicyclic) bond motifs is 5. The molecule has 38 heavy (non-hydrogen) atoms. The van der Waals surface area contributed by atoms with E-state index in [1.54, 1.807) is 18.2 Å². The summed E-state index contributed by atoms with van der Waals surface area (Å²) < 4.78 is 5.37. The molecule has 2 bridgehead atoms. The van der Waals surface area contributed by atoms with Crippen LogP contribution in [0.4, 0.5) is 0 Å². The van der Waals surface area contributed by atoms with E-state index in [-0.39, 0.29) is 22.6 Å². The molecule has 2 heterocycles. The van der Waals surface area contributed by atoms with Crippen molar-refractivity contribution in [2.75, 3.05) is 0 Å². The molecule has 9 heteroatoms. The largest absolute Gasteiger partial charge is 0.460 e. The molecule has 0 spiro atoms. The van der Waals surface area contributed by atoms with Crippen LogP contribution < -0.4 is 10.9 Å². The number of imide groups is 1. The van der Waals surface area contributed by atoms with Crippen molar-refractivity contribution in [1.82, 2.24) is 15.2 Å². The Kier molecular flexibility index (Phi) is 6.17. The number of hydrogen-bond acceptors (Lipinski definition) is 6. The molecule has 0 saturated carbocycles. The van der Waals surface area contributed by atoms with Crippen LogP contribution in [0.1, 0.15) is 66.1 Å². The fourth-order valence-electron chi connectivity index (χ4n) is 6.30. The maximum Gasteiger partial charge on any atom is 0.302 e. The molecule has 9 nitrogen and oxygen atoms in total. The van der Waals surface area contributed by atoms with Crippen LogP contribution in [0.2, 0.25) is 0 Å². The van der Waals surface area contributed by atoms with Crippen LogP contribution in [0.25, 0.3) is 0 Å². The summed E-state index contributed by atoms with van der Waals surface area (Å²) in [4.78, 5) is 68.8. The summed E-state index contributed by atoms with van der Waals surface area (Å²) in [6.45, 7) is 6.58. The fourth-order valence-corrected chi connectivity index (χ4v) is 6.30. The van der Waals surface area contributed by atoms with Crippen LogP contribution in [0.5, 0.6) is 0 Å². The number of hydrogen-bond donors (Lipinski definition) is 2. The zero-order valence-corrected chi connectivity index (χ0v) is 21.7. The molecule has 0 radical (unpaired) electrons. The molecule has 2 N–H and O–H groups in total. The first kappa shape index (κ1) is 25.4. The van der Waals surface area contributed by atoms with Gasteiger partial charge in [0.25, 0.3) is 11.8 Å². The number of nitrogens with zero attached hydrogens (tertiary/aromatic N) is 1. The lowest BCUT2D eigenvalue weighted by Gasteiger charge is -2.48. The van der Waals surface area contributed by atoms with E-state index >= 15 is 0 Å². The molecule has 2 aromatic rings. The molecule has 196 valence electrons. The molecule has 1 aliphatic heterocycles. The minimum Gasteiger partial charge on any atom is -0.460 e. The number of benzene rings is 1. The second-order valence-electron chi connectivity index (χ2n) is 10.1. The maximum atomic E-state index is 14.2. The number of aromatic nitrogens is 1. The number of aromatic amines is 1. The smallest absolute Gasteiger partial charge is 0.302 e. The molecule has 2 aliphatic carbocycles. The minimum atomic E-state index is -1.42. The zero-order chi connectivity index (χ0) is 27.4. The van der Waals surface area contributed by atoms with Crippen LogP contribution >= 0.6 is 0 Å². The van der Waals surface area contributed by atoms with Gasteiger partial charge in [-0.2, -0.15) is 0 Å². The lowest BCUT2D eigenvalue weighted by Crippen LogP contribution is -2.61. The van der Waals surface area contributed by atoms with Gasteiger partial charge in [0.05, 0.1) is 16.7 Å². The van der Waals surface area contributed by atoms with E-state index in [0.717, 1.165) is 27.3 Å². The molecular weight excluding hydrogens is 486 g/mol. The maximum absolute atomic E-state index is 14.2. The van der Waals surface area contributed by atoms with Crippen molar-refractivity contribution in [3.05, 3.63) is 92.4 Å². The minimum absolute atomic E-state index is 0.0525. The van der Waals surface area contributed by atoms with Crippen LogP contribution in [0.3, 0.4) is 0 Å². The Labute approximate surface area is 219 Å². The Balaban J connectivity index is 1.62. The molecule has 3 amide bonds. The van der Waals surface area contributed by atoms with Crippen molar-refractivity contribution in [1.29, 1.82) is 0 Å². The molecule has 4 unspecified atom stereocenters. The third-order valence-electron chi connectivity index (χ3n) is 7.62. The van der Waals surface area contributed by atoms with Crippen molar-refractivity contribution in [2.24, 2.45) is 5.92 Å². The lowest BCUT2D eigenvalue weighted by molar-refractivity contribution is -0.150. The van der Waals surface area contributed by atoms with Gasteiger partial charge in [-0.1, -0.05) is 29.9 Å². The second kappa shape index (κ2) is 9.24. The number of esters is 1. The summed E-state index contributed by atoms with van der Waals surface area (Å²) in [6, 6.07) is 8.09. The number of ether oxygens (including phenoxy) is 1. The Bertz CT molecular complexity index is 1470. The molecule has 3 aliphatic rings. The number of nitrogens with one attached hydrogen (secondary N) is 2. The predicted octanol–water partition coefficient (Wildman–Crippen LogP) is 2.77. The fraction of sp³-hybridized carbons (Fsp3) is 0.345. The van der Waals surface area contributed by atoms with Gasteiger partial charge in [-0.3, -0.25) is 28.9 Å². The summed E-state index contributed by atoms with van der Waals surface area (Å²) in [6.07, 6.45) is 4.00. The first-order valence-corrected chi connectivity index (χ1v) is 12.6. The Morgan fingerprint density at radius 2 is 1.79 bits per heavy atom. The van der Waals surface area contributed by atoms with Crippen LogP contribution in [-0.2, 0) is 26.3 Å². The van der Waals surface area contributed by atoms with E-state index in [4.69, 9.17) is 4.74 Å². The SMILES string of the molecule is C/C=C1\C2C=C(C)CC1(NC(=O)C(C(C)OC(C)=O)N1C(=O)c3ccccc3C1=O)c1ccc(=O)[nH]c1C2. The molecular formula is C29H29N3O6. The Morgan fingerprint density at radius 1 is 1.13 bits per heavy atom. The third kappa shape index (κ3) is 3.89. The van der Waals surface area contributed by atoms with Crippen LogP contribution in [-0.4, -0.2) is 45.7 Å². The summed E-state index contributed by atoms with van der Waals surface area (Å²) in [5, 5.41) is 3.16. The highest BCUT2D eigenvalue weighted by molar-refractivity contribution is 6.23. The number of H-pyrrole nitrogens is 1. The zero-order valence-electron chi connectivity index (χ0n) is 21.7. The Hall–Kier alpha value is -4.27. The molecule has 1 aromatic carbocycles. The topological polar surface area (TPSA) is 126 Å². The van der Waals surface area contributed by atoms with E-state index < -0.39 is 41.4 Å². The van der Waals surface area contributed by atoms with Gasteiger partial charge in [-0.05, 0) is 57.4 Å². The molecule has 4 atom stereocenters. The van der Waals surface area contributed by atoms with Gasteiger partial charge >= 0.3 is 5.97 Å². The van der Waals surface area contributed by atoms with Gasteiger partial charge in [0.2, 0.25) is 11.5 Å². The van der Waals surface area contributed by atoms with Gasteiger partial charge in [0, 0.05) is 30.2 Å². The third-order valence-corrected chi connectivity index (χ3v) is 7.62. The number of allylic oxidation sites excluding steroid dienone is 2. The highest BCUT2D eigenvalue weighted by atomic mass is 16.5. The van der Waals surface area contributed by atoms with E-state index in [2.05, 4.69) is 16.4 Å². The van der Waals surface area contributed by atoms with Crippen molar-refractivity contribution in [2.45, 2.75) is 58.2 Å². The van der Waals surface area contributed by atoms with Gasteiger partial charge in [-0.25, -0.2) is 0 Å². The van der Waals surface area contributed by atoms with Gasteiger partial charge in [0.1, 0.15) is 6.10 Å². The van der Waals surface area contributed by atoms with Crippen molar-refractivity contribution >= 4 is 23.7 Å². The standard InChI is InChI=1S/C29H29N3O6/c1-5-21-18-12-15(2)14-29(21,22-10-11-24(34)30-23(22)13-18)31-26(35)25(16(3)38-17(4)33)32-27(36)19-8-6-7-9-20(19)28(32)37/h5-12,16,18,25H,13-14H2,1-4H3,(H,30,34)(H,31,35)/b21-5+. The molecule has 0 saturated heterocycles. The van der Waals surface area contributed by atoms with E-state index in [0.29, 0.717) is 12.8 Å². The number of carbonyl (C=O) groups excluding carboxylic acids is 4. The first-order chi connectivity index (χ1) is 18.1. The summed E-state index contributed by atoms with van der Waals surface area (Å²) in [5.41, 5.74) is 2.62. The number of rotatable bonds is 5. The molecule has 0 fully saturated rings. The van der Waals surface area contributed by atoms with Crippen LogP contribution in [0, 0.1) is 5.92 Å². The van der Waals surface area contributed by atoms with Crippen molar-refractivity contribution < 1.29 is 23.9 Å². The molecule has 5 rings (SSSR count). The van der Waals surface area contributed by atoms with Gasteiger partial charge in [-0.15, -0.1) is 0 Å². The number of carbonyl (C=O) groups is 4. The number of pyridine rings is 1. The highest BCUT2D eigenvalue weighted by Gasteiger charge is 2.52. The van der Waals surface area contributed by atoms with Gasteiger partial charge in [0.15, 0.2) is 6.04 Å². The van der Waals surface area contributed by atoms with E-state index in [1.807, 2.05) is 19.9 Å². The molecule has 1 aromatic heterocycles. The van der Waals surface area contributed by atoms with Crippen molar-refractivity contribution in [3.8, 4) is 0 Å². The van der Waals surface area contributed by atoms with Gasteiger partial charge < -0.3 is 15.0 Å². The Morgan fingerprint density at radius 3 is 2.39 bits per heavy atom. The quantitative estimate of drug-likeness (QED) is 0.358. The average Bonchev–Trinajstić information content (AvgIpc) is 3.08. The lowest BCUT2D eigenvalue weighted by atomic mass is 9.63. The second-order valence-corrected chi connectivity index (χ2v) is 10.1. The number of amides is 3.